The van der Waals surface area contributed by atoms with Gasteiger partial charge in [0.05, 0.1) is 16.7 Å². The first-order valence-corrected chi connectivity index (χ1v) is 8.40. The molecular formula is C15H20ClNO2S. The van der Waals surface area contributed by atoms with Gasteiger partial charge in [-0.3, -0.25) is 4.79 Å². The number of amides is 1. The van der Waals surface area contributed by atoms with Crippen molar-refractivity contribution in [2.75, 3.05) is 19.8 Å². The molecule has 1 aromatic rings. The van der Waals surface area contributed by atoms with Gasteiger partial charge in [-0.05, 0) is 37.3 Å². The van der Waals surface area contributed by atoms with Gasteiger partial charge in [0.25, 0.3) is 5.91 Å². The molecule has 0 bridgehead atoms. The predicted molar refractivity (Wildman–Crippen MR) is 83.5 cm³/mol. The van der Waals surface area contributed by atoms with E-state index < -0.39 is 0 Å². The van der Waals surface area contributed by atoms with E-state index in [-0.39, 0.29) is 17.9 Å². The Balaban J connectivity index is 2.10. The summed E-state index contributed by atoms with van der Waals surface area (Å²) in [4.78, 5) is 15.2. The van der Waals surface area contributed by atoms with Crippen molar-refractivity contribution in [1.82, 2.24) is 4.90 Å². The summed E-state index contributed by atoms with van der Waals surface area (Å²) < 4.78 is 0. The molecule has 1 saturated carbocycles. The zero-order chi connectivity index (χ0) is 14.7. The number of carbonyl (C=O) groups is 1. The van der Waals surface area contributed by atoms with Crippen LogP contribution in [-0.4, -0.2) is 41.9 Å². The third-order valence-electron chi connectivity index (χ3n) is 3.88. The summed E-state index contributed by atoms with van der Waals surface area (Å²) in [5.41, 5.74) is 0.536. The van der Waals surface area contributed by atoms with Crippen LogP contribution >= 0.6 is 23.4 Å². The van der Waals surface area contributed by atoms with Crippen LogP contribution in [0.25, 0.3) is 0 Å². The molecule has 5 heteroatoms. The van der Waals surface area contributed by atoms with E-state index in [4.69, 9.17) is 11.6 Å². The summed E-state index contributed by atoms with van der Waals surface area (Å²) in [5, 5.41) is 10.3. The Morgan fingerprint density at radius 2 is 2.25 bits per heavy atom. The highest BCUT2D eigenvalue weighted by Crippen LogP contribution is 2.28. The Morgan fingerprint density at radius 1 is 1.50 bits per heavy atom. The molecule has 1 aliphatic rings. The zero-order valence-electron chi connectivity index (χ0n) is 11.8. The molecule has 0 aromatic heterocycles. The van der Waals surface area contributed by atoms with Gasteiger partial charge in [-0.15, -0.1) is 11.8 Å². The molecule has 1 N–H and O–H groups in total. The number of carbonyl (C=O) groups excluding carboxylic acids is 1. The molecule has 1 fully saturated rings. The van der Waals surface area contributed by atoms with Gasteiger partial charge < -0.3 is 10.0 Å². The van der Waals surface area contributed by atoms with E-state index in [2.05, 4.69) is 0 Å². The lowest BCUT2D eigenvalue weighted by Gasteiger charge is -2.23. The van der Waals surface area contributed by atoms with Gasteiger partial charge in [0, 0.05) is 24.4 Å². The van der Waals surface area contributed by atoms with Crippen molar-refractivity contribution in [1.29, 1.82) is 0 Å². The topological polar surface area (TPSA) is 40.5 Å². The van der Waals surface area contributed by atoms with Gasteiger partial charge in [0.15, 0.2) is 0 Å². The second-order valence-corrected chi connectivity index (χ2v) is 6.58. The predicted octanol–water partition coefficient (Wildman–Crippen LogP) is 3.29. The Kier molecular flexibility index (Phi) is 5.35. The Hall–Kier alpha value is -0.710. The molecule has 0 radical (unpaired) electrons. The minimum absolute atomic E-state index is 0.0787. The molecule has 1 aromatic carbocycles. The van der Waals surface area contributed by atoms with Crippen molar-refractivity contribution in [3.05, 3.63) is 28.8 Å². The van der Waals surface area contributed by atoms with Crippen molar-refractivity contribution < 1.29 is 9.90 Å². The first kappa shape index (κ1) is 15.7. The summed E-state index contributed by atoms with van der Waals surface area (Å²) >= 11 is 7.72. The summed E-state index contributed by atoms with van der Waals surface area (Å²) in [6.07, 6.45) is 4.55. The van der Waals surface area contributed by atoms with E-state index in [1.807, 2.05) is 18.4 Å². The van der Waals surface area contributed by atoms with Crippen LogP contribution in [0.2, 0.25) is 5.02 Å². The number of halogens is 1. The number of aliphatic hydroxyl groups excluding tert-OH is 1. The minimum Gasteiger partial charge on any atom is -0.393 e. The fraction of sp³-hybridized carbons (Fsp3) is 0.533. The van der Waals surface area contributed by atoms with E-state index in [1.54, 1.807) is 29.8 Å². The molecule has 0 heterocycles. The van der Waals surface area contributed by atoms with Crippen LogP contribution in [0.4, 0.5) is 0 Å². The van der Waals surface area contributed by atoms with Crippen LogP contribution in [0.15, 0.2) is 23.1 Å². The maximum atomic E-state index is 12.5. The summed E-state index contributed by atoms with van der Waals surface area (Å²) in [5.74, 6) is 0.108. The lowest BCUT2D eigenvalue weighted by molar-refractivity contribution is 0.0693. The van der Waals surface area contributed by atoms with Crippen LogP contribution in [-0.2, 0) is 0 Å². The van der Waals surface area contributed by atoms with Crippen molar-refractivity contribution in [3.8, 4) is 0 Å². The quantitative estimate of drug-likeness (QED) is 0.867. The summed E-state index contributed by atoms with van der Waals surface area (Å²) in [6.45, 7) is 0.583. The number of aliphatic hydroxyl groups is 1. The van der Waals surface area contributed by atoms with Crippen LogP contribution in [0.3, 0.4) is 0 Å². The highest BCUT2D eigenvalue weighted by atomic mass is 35.5. The van der Waals surface area contributed by atoms with E-state index in [0.29, 0.717) is 17.1 Å². The zero-order valence-corrected chi connectivity index (χ0v) is 13.4. The van der Waals surface area contributed by atoms with Crippen LogP contribution in [0, 0.1) is 5.92 Å². The number of benzene rings is 1. The van der Waals surface area contributed by atoms with Crippen LogP contribution in [0.5, 0.6) is 0 Å². The fourth-order valence-corrected chi connectivity index (χ4v) is 3.30. The molecule has 0 spiro atoms. The molecule has 2 atom stereocenters. The highest BCUT2D eigenvalue weighted by molar-refractivity contribution is 7.98. The molecule has 20 heavy (non-hydrogen) atoms. The largest absolute Gasteiger partial charge is 0.393 e. The monoisotopic (exact) mass is 313 g/mol. The molecule has 2 rings (SSSR count). The second kappa shape index (κ2) is 6.83. The van der Waals surface area contributed by atoms with Gasteiger partial charge >= 0.3 is 0 Å². The summed E-state index contributed by atoms with van der Waals surface area (Å²) in [7, 11) is 1.77. The SMILES string of the molecule is CSc1ccc(Cl)c(C(=O)N(C)CC2CCCC2O)c1. The van der Waals surface area contributed by atoms with E-state index in [0.717, 1.165) is 24.2 Å². The molecule has 1 amide bonds. The molecule has 0 saturated heterocycles. The smallest absolute Gasteiger partial charge is 0.255 e. The lowest BCUT2D eigenvalue weighted by atomic mass is 10.1. The van der Waals surface area contributed by atoms with Gasteiger partial charge in [-0.2, -0.15) is 0 Å². The second-order valence-electron chi connectivity index (χ2n) is 5.29. The summed E-state index contributed by atoms with van der Waals surface area (Å²) in [6, 6.07) is 5.50. The third-order valence-corrected chi connectivity index (χ3v) is 4.93. The lowest BCUT2D eigenvalue weighted by Crippen LogP contribution is -2.34. The van der Waals surface area contributed by atoms with Crippen molar-refractivity contribution in [2.45, 2.75) is 30.3 Å². The fourth-order valence-electron chi connectivity index (χ4n) is 2.67. The van der Waals surface area contributed by atoms with Gasteiger partial charge in [-0.25, -0.2) is 0 Å². The van der Waals surface area contributed by atoms with Crippen molar-refractivity contribution in [3.63, 3.8) is 0 Å². The molecule has 3 nitrogen and oxygen atoms in total. The van der Waals surface area contributed by atoms with Gasteiger partial charge in [0.2, 0.25) is 0 Å². The average molecular weight is 314 g/mol. The molecule has 110 valence electrons. The molecule has 2 unspecified atom stereocenters. The Morgan fingerprint density at radius 3 is 2.85 bits per heavy atom. The standard InChI is InChI=1S/C15H20ClNO2S/c1-17(9-10-4-3-5-14(10)18)15(19)12-8-11(20-2)6-7-13(12)16/h6-8,10,14,18H,3-5,9H2,1-2H3. The highest BCUT2D eigenvalue weighted by Gasteiger charge is 2.28. The first-order valence-electron chi connectivity index (χ1n) is 6.80. The third kappa shape index (κ3) is 3.48. The number of nitrogens with zero attached hydrogens (tertiary/aromatic N) is 1. The van der Waals surface area contributed by atoms with E-state index in [1.165, 1.54) is 0 Å². The molecular weight excluding hydrogens is 294 g/mol. The first-order chi connectivity index (χ1) is 9.52. The Labute approximate surface area is 129 Å². The number of rotatable bonds is 4. The van der Waals surface area contributed by atoms with Crippen molar-refractivity contribution >= 4 is 29.3 Å². The Bertz CT molecular complexity index is 495. The van der Waals surface area contributed by atoms with Crippen LogP contribution in [0.1, 0.15) is 29.6 Å². The maximum absolute atomic E-state index is 12.5. The van der Waals surface area contributed by atoms with Gasteiger partial charge in [-0.1, -0.05) is 18.0 Å². The number of hydrogen-bond donors (Lipinski definition) is 1. The maximum Gasteiger partial charge on any atom is 0.255 e. The number of thioether (sulfide) groups is 1. The van der Waals surface area contributed by atoms with E-state index >= 15 is 0 Å². The minimum atomic E-state index is -0.279. The number of hydrogen-bond acceptors (Lipinski definition) is 3. The van der Waals surface area contributed by atoms with E-state index in [9.17, 15) is 9.90 Å². The van der Waals surface area contributed by atoms with Gasteiger partial charge in [0.1, 0.15) is 0 Å². The normalized spacial score (nSPS) is 22.0. The van der Waals surface area contributed by atoms with Crippen molar-refractivity contribution in [2.24, 2.45) is 5.92 Å². The average Bonchev–Trinajstić information content (AvgIpc) is 2.84. The molecule has 1 aliphatic carbocycles. The van der Waals surface area contributed by atoms with Crippen LogP contribution < -0.4 is 0 Å². The molecule has 0 aliphatic heterocycles.